The second-order valence-electron chi connectivity index (χ2n) is 7.03. The largest absolute Gasteiger partial charge is 0.494 e. The van der Waals surface area contributed by atoms with E-state index in [9.17, 15) is 13.2 Å². The normalized spacial score (nSPS) is 12.1. The third-order valence-corrected chi connectivity index (χ3v) is 6.73. The molecule has 0 heterocycles. The molecule has 1 atom stereocenters. The molecule has 0 unspecified atom stereocenters. The highest BCUT2D eigenvalue weighted by molar-refractivity contribution is 7.92. The summed E-state index contributed by atoms with van der Waals surface area (Å²) in [7, 11) is -2.17. The smallest absolute Gasteiger partial charge is 0.264 e. The van der Waals surface area contributed by atoms with Gasteiger partial charge in [0.25, 0.3) is 15.9 Å². The Morgan fingerprint density at radius 1 is 0.968 bits per heavy atom. The Bertz CT molecular complexity index is 1110. The van der Waals surface area contributed by atoms with Crippen molar-refractivity contribution in [1.29, 1.82) is 0 Å². The van der Waals surface area contributed by atoms with E-state index in [1.807, 2.05) is 38.1 Å². The molecule has 162 valence electrons. The molecule has 0 saturated heterocycles. The predicted octanol–water partition coefficient (Wildman–Crippen LogP) is 4.40. The maximum atomic E-state index is 12.8. The van der Waals surface area contributed by atoms with Crippen molar-refractivity contribution in [2.75, 3.05) is 18.0 Å². The van der Waals surface area contributed by atoms with Gasteiger partial charge in [-0.25, -0.2) is 8.42 Å². The van der Waals surface area contributed by atoms with E-state index in [1.54, 1.807) is 54.6 Å². The summed E-state index contributed by atoms with van der Waals surface area (Å²) in [5, 5.41) is 2.96. The summed E-state index contributed by atoms with van der Waals surface area (Å²) in [4.78, 5) is 12.8. The minimum absolute atomic E-state index is 0.191. The van der Waals surface area contributed by atoms with Crippen molar-refractivity contribution in [3.05, 3.63) is 90.0 Å². The van der Waals surface area contributed by atoms with Crippen LogP contribution in [0.25, 0.3) is 0 Å². The zero-order chi connectivity index (χ0) is 22.4. The van der Waals surface area contributed by atoms with Crippen LogP contribution < -0.4 is 14.4 Å². The number of sulfonamides is 1. The third-order valence-electron chi connectivity index (χ3n) is 4.93. The van der Waals surface area contributed by atoms with E-state index < -0.39 is 10.0 Å². The van der Waals surface area contributed by atoms with E-state index in [4.69, 9.17) is 4.74 Å². The number of benzene rings is 3. The number of anilines is 1. The first-order valence-electron chi connectivity index (χ1n) is 10.0. The lowest BCUT2D eigenvalue weighted by Crippen LogP contribution is -2.28. The number of ether oxygens (including phenoxy) is 1. The van der Waals surface area contributed by atoms with E-state index in [-0.39, 0.29) is 16.8 Å². The van der Waals surface area contributed by atoms with Gasteiger partial charge in [0.1, 0.15) is 5.75 Å². The average Bonchev–Trinajstić information content (AvgIpc) is 2.80. The number of hydrogen-bond donors (Lipinski definition) is 1. The number of amides is 1. The highest BCUT2D eigenvalue weighted by Gasteiger charge is 2.21. The lowest BCUT2D eigenvalue weighted by atomic mass is 10.1. The van der Waals surface area contributed by atoms with E-state index >= 15 is 0 Å². The Labute approximate surface area is 183 Å². The topological polar surface area (TPSA) is 75.7 Å². The molecule has 0 aliphatic heterocycles. The monoisotopic (exact) mass is 438 g/mol. The average molecular weight is 439 g/mol. The number of hydrogen-bond acceptors (Lipinski definition) is 4. The molecule has 0 radical (unpaired) electrons. The van der Waals surface area contributed by atoms with Crippen LogP contribution in [-0.4, -0.2) is 28.0 Å². The summed E-state index contributed by atoms with van der Waals surface area (Å²) < 4.78 is 32.2. The van der Waals surface area contributed by atoms with Crippen LogP contribution in [-0.2, 0) is 10.0 Å². The molecule has 3 aromatic carbocycles. The molecule has 0 fully saturated rings. The van der Waals surface area contributed by atoms with Crippen LogP contribution in [0.2, 0.25) is 0 Å². The molecule has 3 rings (SSSR count). The molecule has 3 aromatic rings. The minimum atomic E-state index is -3.67. The number of carbonyl (C=O) groups excluding carboxylic acids is 1. The summed E-state index contributed by atoms with van der Waals surface area (Å²) in [6.45, 7) is 4.43. The van der Waals surface area contributed by atoms with E-state index in [2.05, 4.69) is 5.32 Å². The Kier molecular flexibility index (Phi) is 6.97. The van der Waals surface area contributed by atoms with Gasteiger partial charge in [-0.3, -0.25) is 9.10 Å². The quantitative estimate of drug-likeness (QED) is 0.566. The number of nitrogens with one attached hydrogen (secondary N) is 1. The molecule has 1 amide bonds. The molecule has 0 aromatic heterocycles. The summed E-state index contributed by atoms with van der Waals surface area (Å²) in [5.41, 5.74) is 1.88. The van der Waals surface area contributed by atoms with Crippen LogP contribution in [0.5, 0.6) is 5.75 Å². The molecule has 0 aliphatic carbocycles. The fourth-order valence-corrected chi connectivity index (χ4v) is 4.31. The summed E-state index contributed by atoms with van der Waals surface area (Å²) in [6.07, 6.45) is 0. The summed E-state index contributed by atoms with van der Waals surface area (Å²) in [5.74, 6) is 0.552. The maximum Gasteiger partial charge on any atom is 0.264 e. The highest BCUT2D eigenvalue weighted by atomic mass is 32.2. The molecule has 0 bridgehead atoms. The maximum absolute atomic E-state index is 12.8. The van der Waals surface area contributed by atoms with Gasteiger partial charge in [-0.15, -0.1) is 0 Å². The zero-order valence-corrected chi connectivity index (χ0v) is 18.6. The van der Waals surface area contributed by atoms with Gasteiger partial charge < -0.3 is 10.1 Å². The van der Waals surface area contributed by atoms with Crippen LogP contribution in [0.3, 0.4) is 0 Å². The number of nitrogens with zero attached hydrogens (tertiary/aromatic N) is 1. The Morgan fingerprint density at radius 2 is 1.58 bits per heavy atom. The second-order valence-corrected chi connectivity index (χ2v) is 9.00. The molecular weight excluding hydrogens is 412 g/mol. The van der Waals surface area contributed by atoms with Crippen molar-refractivity contribution in [2.45, 2.75) is 24.8 Å². The molecule has 7 heteroatoms. The van der Waals surface area contributed by atoms with Crippen molar-refractivity contribution in [3.8, 4) is 5.75 Å². The van der Waals surface area contributed by atoms with Gasteiger partial charge in [0, 0.05) is 12.6 Å². The predicted molar refractivity (Wildman–Crippen MR) is 122 cm³/mol. The van der Waals surface area contributed by atoms with Crippen molar-refractivity contribution in [1.82, 2.24) is 5.32 Å². The van der Waals surface area contributed by atoms with Crippen molar-refractivity contribution in [3.63, 3.8) is 0 Å². The molecule has 31 heavy (non-hydrogen) atoms. The Balaban J connectivity index is 1.68. The van der Waals surface area contributed by atoms with Crippen LogP contribution in [0.4, 0.5) is 5.69 Å². The first-order valence-corrected chi connectivity index (χ1v) is 11.4. The first kappa shape index (κ1) is 22.4. The van der Waals surface area contributed by atoms with Crippen LogP contribution in [0.1, 0.15) is 35.8 Å². The van der Waals surface area contributed by atoms with Crippen LogP contribution in [0.15, 0.2) is 83.8 Å². The molecule has 1 N–H and O–H groups in total. The van der Waals surface area contributed by atoms with Crippen molar-refractivity contribution in [2.24, 2.45) is 0 Å². The van der Waals surface area contributed by atoms with Gasteiger partial charge in [-0.1, -0.05) is 30.3 Å². The lowest BCUT2D eigenvalue weighted by molar-refractivity contribution is 0.0940. The third kappa shape index (κ3) is 5.24. The summed E-state index contributed by atoms with van der Waals surface area (Å²) in [6, 6.07) is 22.1. The Morgan fingerprint density at radius 3 is 2.16 bits per heavy atom. The molecular formula is C24H26N2O4S. The first-order chi connectivity index (χ1) is 14.8. The molecule has 0 aliphatic rings. The standard InChI is InChI=1S/C24H26N2O4S/c1-4-30-22-16-12-19(13-17-22)18(2)25-24(27)20-10-14-21(15-11-20)26(3)31(28,29)23-8-6-5-7-9-23/h5-18H,4H2,1-3H3,(H,25,27)/t18-/m1/s1. The van der Waals surface area contributed by atoms with E-state index in [0.29, 0.717) is 17.9 Å². The van der Waals surface area contributed by atoms with Gasteiger partial charge in [0.2, 0.25) is 0 Å². The SMILES string of the molecule is CCOc1ccc([C@@H](C)NC(=O)c2ccc(N(C)S(=O)(=O)c3ccccc3)cc2)cc1. The van der Waals surface area contributed by atoms with E-state index in [1.165, 1.54) is 11.4 Å². The minimum Gasteiger partial charge on any atom is -0.494 e. The van der Waals surface area contributed by atoms with Crippen molar-refractivity contribution >= 4 is 21.6 Å². The van der Waals surface area contributed by atoms with Gasteiger partial charge in [-0.05, 0) is 67.9 Å². The highest BCUT2D eigenvalue weighted by Crippen LogP contribution is 2.23. The van der Waals surface area contributed by atoms with Crippen molar-refractivity contribution < 1.29 is 17.9 Å². The van der Waals surface area contributed by atoms with Crippen LogP contribution >= 0.6 is 0 Å². The van der Waals surface area contributed by atoms with Gasteiger partial charge in [-0.2, -0.15) is 0 Å². The van der Waals surface area contributed by atoms with Gasteiger partial charge in [0.05, 0.1) is 23.2 Å². The molecule has 0 spiro atoms. The number of carbonyl (C=O) groups is 1. The van der Waals surface area contributed by atoms with E-state index in [0.717, 1.165) is 11.3 Å². The zero-order valence-electron chi connectivity index (χ0n) is 17.8. The lowest BCUT2D eigenvalue weighted by Gasteiger charge is -2.20. The number of rotatable bonds is 8. The molecule has 6 nitrogen and oxygen atoms in total. The fraction of sp³-hybridized carbons (Fsp3) is 0.208. The summed E-state index contributed by atoms with van der Waals surface area (Å²) >= 11 is 0. The second kappa shape index (κ2) is 9.66. The molecule has 0 saturated carbocycles. The van der Waals surface area contributed by atoms with Gasteiger partial charge in [0.15, 0.2) is 0 Å². The fourth-order valence-electron chi connectivity index (χ4n) is 3.09. The van der Waals surface area contributed by atoms with Crippen LogP contribution in [0, 0.1) is 0 Å². The Hall–Kier alpha value is -3.32. The van der Waals surface area contributed by atoms with Gasteiger partial charge >= 0.3 is 0 Å².